The van der Waals surface area contributed by atoms with Crippen LogP contribution in [0.5, 0.6) is 0 Å². The average molecular weight is 226 g/mol. The zero-order chi connectivity index (χ0) is 11.8. The molecular weight excluding hydrogens is 208 g/mol. The van der Waals surface area contributed by atoms with Gasteiger partial charge in [-0.3, -0.25) is 14.8 Å². The van der Waals surface area contributed by atoms with E-state index in [-0.39, 0.29) is 17.7 Å². The number of carbonyl (C=O) groups is 2. The van der Waals surface area contributed by atoms with Crippen molar-refractivity contribution in [1.29, 1.82) is 0 Å². The first kappa shape index (κ1) is 11.4. The Morgan fingerprint density at radius 2 is 1.88 bits per heavy atom. The Morgan fingerprint density at radius 1 is 1.19 bits per heavy atom. The lowest BCUT2D eigenvalue weighted by atomic mass is 9.71. The maximum absolute atomic E-state index is 11.7. The Kier molecular flexibility index (Phi) is 2.88. The van der Waals surface area contributed by atoms with E-state index in [0.717, 1.165) is 32.1 Å². The fraction of sp³-hybridized carbons (Fsp3) is 0.818. The zero-order valence-corrected chi connectivity index (χ0v) is 9.45. The van der Waals surface area contributed by atoms with Gasteiger partial charge in [-0.25, -0.2) is 5.48 Å². The second kappa shape index (κ2) is 4.05. The van der Waals surface area contributed by atoms with Crippen molar-refractivity contribution in [2.45, 2.75) is 32.1 Å². The van der Waals surface area contributed by atoms with E-state index in [1.807, 2.05) is 0 Å². The van der Waals surface area contributed by atoms with Crippen molar-refractivity contribution < 1.29 is 14.8 Å². The van der Waals surface area contributed by atoms with Gasteiger partial charge < -0.3 is 5.32 Å². The van der Waals surface area contributed by atoms with Crippen molar-refractivity contribution in [3.05, 3.63) is 0 Å². The summed E-state index contributed by atoms with van der Waals surface area (Å²) in [4.78, 5) is 23.2. The van der Waals surface area contributed by atoms with Gasteiger partial charge in [0.25, 0.3) is 0 Å². The highest BCUT2D eigenvalue weighted by Gasteiger charge is 2.51. The Labute approximate surface area is 94.5 Å². The van der Waals surface area contributed by atoms with E-state index in [1.54, 1.807) is 12.5 Å². The largest absolute Gasteiger partial charge is 0.359 e. The summed E-state index contributed by atoms with van der Waals surface area (Å²) < 4.78 is 0. The van der Waals surface area contributed by atoms with Crippen LogP contribution in [0.1, 0.15) is 32.1 Å². The summed E-state index contributed by atoms with van der Waals surface area (Å²) in [5, 5.41) is 11.3. The topological polar surface area (TPSA) is 78.4 Å². The molecule has 90 valence electrons. The molecule has 2 rings (SSSR count). The molecule has 1 spiro atoms. The van der Waals surface area contributed by atoms with Crippen molar-refractivity contribution in [3.63, 3.8) is 0 Å². The lowest BCUT2D eigenvalue weighted by Crippen LogP contribution is -2.44. The van der Waals surface area contributed by atoms with Gasteiger partial charge in [-0.05, 0) is 37.5 Å². The Hall–Kier alpha value is -1.10. The first-order valence-corrected chi connectivity index (χ1v) is 5.77. The number of amides is 2. The summed E-state index contributed by atoms with van der Waals surface area (Å²) in [5.41, 5.74) is 1.98. The van der Waals surface area contributed by atoms with E-state index < -0.39 is 5.91 Å². The fourth-order valence-electron chi connectivity index (χ4n) is 2.86. The van der Waals surface area contributed by atoms with Crippen molar-refractivity contribution in [1.82, 2.24) is 10.8 Å². The van der Waals surface area contributed by atoms with E-state index in [0.29, 0.717) is 5.41 Å². The highest BCUT2D eigenvalue weighted by atomic mass is 16.5. The van der Waals surface area contributed by atoms with Gasteiger partial charge in [-0.1, -0.05) is 0 Å². The molecule has 5 heteroatoms. The van der Waals surface area contributed by atoms with Crippen LogP contribution in [0.3, 0.4) is 0 Å². The number of rotatable bonds is 2. The van der Waals surface area contributed by atoms with Crippen LogP contribution in [-0.2, 0) is 9.59 Å². The van der Waals surface area contributed by atoms with Crippen molar-refractivity contribution in [2.24, 2.45) is 17.3 Å². The number of hydroxylamine groups is 1. The molecule has 2 fully saturated rings. The molecule has 0 aliphatic heterocycles. The van der Waals surface area contributed by atoms with Crippen LogP contribution >= 0.6 is 0 Å². The summed E-state index contributed by atoms with van der Waals surface area (Å²) in [6, 6.07) is 0. The van der Waals surface area contributed by atoms with Gasteiger partial charge >= 0.3 is 0 Å². The van der Waals surface area contributed by atoms with Crippen molar-refractivity contribution in [2.75, 3.05) is 7.05 Å². The summed E-state index contributed by atoms with van der Waals surface area (Å²) in [7, 11) is 1.58. The van der Waals surface area contributed by atoms with Crippen LogP contribution in [0.2, 0.25) is 0 Å². The summed E-state index contributed by atoms with van der Waals surface area (Å²) in [6.45, 7) is 0. The first-order valence-electron chi connectivity index (χ1n) is 5.77. The molecule has 0 aromatic heterocycles. The van der Waals surface area contributed by atoms with E-state index >= 15 is 0 Å². The highest BCUT2D eigenvalue weighted by molar-refractivity contribution is 5.87. The standard InChI is InChI=1S/C11H18N2O3/c1-12-9(14)7-2-3-11(4-5-11)6-8(7)10(15)13-16/h7-8,16H,2-6H2,1H3,(H,12,14)(H,13,15). The van der Waals surface area contributed by atoms with Gasteiger partial charge in [0, 0.05) is 13.0 Å². The predicted octanol–water partition coefficient (Wildman–Crippen LogP) is 0.434. The Morgan fingerprint density at radius 3 is 2.38 bits per heavy atom. The van der Waals surface area contributed by atoms with Crippen LogP contribution in [0.4, 0.5) is 0 Å². The van der Waals surface area contributed by atoms with Gasteiger partial charge in [-0.2, -0.15) is 0 Å². The second-order valence-electron chi connectivity index (χ2n) is 5.05. The summed E-state index contributed by atoms with van der Waals surface area (Å²) in [6.07, 6.45) is 4.82. The van der Waals surface area contributed by atoms with Gasteiger partial charge in [0.2, 0.25) is 11.8 Å². The Bertz CT molecular complexity index is 312. The monoisotopic (exact) mass is 226 g/mol. The molecule has 2 atom stereocenters. The summed E-state index contributed by atoms with van der Waals surface area (Å²) in [5.74, 6) is -1.17. The van der Waals surface area contributed by atoms with Crippen molar-refractivity contribution >= 4 is 11.8 Å². The molecule has 2 aliphatic rings. The normalized spacial score (nSPS) is 30.9. The molecule has 0 heterocycles. The zero-order valence-electron chi connectivity index (χ0n) is 9.45. The smallest absolute Gasteiger partial charge is 0.247 e. The van der Waals surface area contributed by atoms with E-state index in [9.17, 15) is 9.59 Å². The predicted molar refractivity (Wildman–Crippen MR) is 56.5 cm³/mol. The van der Waals surface area contributed by atoms with Gasteiger partial charge in [-0.15, -0.1) is 0 Å². The first-order chi connectivity index (χ1) is 7.62. The SMILES string of the molecule is CNC(=O)C1CCC2(CC2)CC1C(=O)NO. The van der Waals surface area contributed by atoms with Gasteiger partial charge in [0.05, 0.1) is 5.92 Å². The number of carbonyl (C=O) groups excluding carboxylic acids is 2. The number of nitrogens with one attached hydrogen (secondary N) is 2. The van der Waals surface area contributed by atoms with Gasteiger partial charge in [0.15, 0.2) is 0 Å². The molecule has 0 saturated heterocycles. The lowest BCUT2D eigenvalue weighted by Gasteiger charge is -2.33. The van der Waals surface area contributed by atoms with Crippen LogP contribution in [0.15, 0.2) is 0 Å². The minimum Gasteiger partial charge on any atom is -0.359 e. The molecule has 0 bridgehead atoms. The number of hydrogen-bond donors (Lipinski definition) is 3. The molecular formula is C11H18N2O3. The van der Waals surface area contributed by atoms with Crippen molar-refractivity contribution in [3.8, 4) is 0 Å². The van der Waals surface area contributed by atoms with Crippen LogP contribution in [-0.4, -0.2) is 24.1 Å². The minimum atomic E-state index is -0.417. The van der Waals surface area contributed by atoms with E-state index in [1.165, 1.54) is 0 Å². The molecule has 2 aliphatic carbocycles. The third kappa shape index (κ3) is 1.91. The minimum absolute atomic E-state index is 0.0934. The maximum Gasteiger partial charge on any atom is 0.247 e. The van der Waals surface area contributed by atoms with E-state index in [2.05, 4.69) is 5.32 Å². The van der Waals surface area contributed by atoms with Gasteiger partial charge in [0.1, 0.15) is 0 Å². The maximum atomic E-state index is 11.7. The quantitative estimate of drug-likeness (QED) is 0.472. The van der Waals surface area contributed by atoms with Crippen LogP contribution < -0.4 is 10.8 Å². The molecule has 2 unspecified atom stereocenters. The van der Waals surface area contributed by atoms with E-state index in [4.69, 9.17) is 5.21 Å². The van der Waals surface area contributed by atoms with Crippen LogP contribution in [0, 0.1) is 17.3 Å². The molecule has 5 nitrogen and oxygen atoms in total. The molecule has 2 amide bonds. The average Bonchev–Trinajstić information content (AvgIpc) is 3.06. The highest BCUT2D eigenvalue weighted by Crippen LogP contribution is 2.58. The third-order valence-electron chi connectivity index (χ3n) is 4.11. The molecule has 0 aromatic rings. The Balaban J connectivity index is 2.11. The molecule has 3 N–H and O–H groups in total. The summed E-state index contributed by atoms with van der Waals surface area (Å²) >= 11 is 0. The van der Waals surface area contributed by atoms with Crippen LogP contribution in [0.25, 0.3) is 0 Å². The molecule has 16 heavy (non-hydrogen) atoms. The molecule has 2 saturated carbocycles. The number of hydrogen-bond acceptors (Lipinski definition) is 3. The lowest BCUT2D eigenvalue weighted by molar-refractivity contribution is -0.143. The third-order valence-corrected chi connectivity index (χ3v) is 4.11. The molecule has 0 aromatic carbocycles. The fourth-order valence-corrected chi connectivity index (χ4v) is 2.86. The second-order valence-corrected chi connectivity index (χ2v) is 5.05. The molecule has 0 radical (unpaired) electrons.